The van der Waals surface area contributed by atoms with Gasteiger partial charge in [-0.15, -0.1) is 0 Å². The average molecular weight is 371 g/mol. The van der Waals surface area contributed by atoms with Gasteiger partial charge in [0, 0.05) is 23.2 Å². The lowest BCUT2D eigenvalue weighted by Crippen LogP contribution is -2.33. The Morgan fingerprint density at radius 2 is 2.00 bits per heavy atom. The van der Waals surface area contributed by atoms with Crippen molar-refractivity contribution in [1.82, 2.24) is 5.32 Å². The van der Waals surface area contributed by atoms with Gasteiger partial charge in [-0.3, -0.25) is 9.59 Å². The van der Waals surface area contributed by atoms with Crippen LogP contribution >= 0.6 is 15.9 Å². The maximum absolute atomic E-state index is 11.8. The van der Waals surface area contributed by atoms with E-state index in [0.717, 1.165) is 15.7 Å². The van der Waals surface area contributed by atoms with Crippen LogP contribution in [0.2, 0.25) is 0 Å². The molecular formula is C16H23BrN2O3. The Hall–Kier alpha value is -1.40. The van der Waals surface area contributed by atoms with Crippen LogP contribution in [0.15, 0.2) is 22.7 Å². The molecule has 1 rings (SSSR count). The summed E-state index contributed by atoms with van der Waals surface area (Å²) < 4.78 is 6.29. The lowest BCUT2D eigenvalue weighted by molar-refractivity contribution is -0.125. The summed E-state index contributed by atoms with van der Waals surface area (Å²) >= 11 is 3.37. The Morgan fingerprint density at radius 1 is 1.27 bits per heavy atom. The Bertz CT molecular complexity index is 518. The normalized spacial score (nSPS) is 10.6. The van der Waals surface area contributed by atoms with Gasteiger partial charge in [0.05, 0.1) is 13.2 Å². The number of halogens is 1. The van der Waals surface area contributed by atoms with E-state index >= 15 is 0 Å². The molecule has 5 nitrogen and oxygen atoms in total. The van der Waals surface area contributed by atoms with E-state index in [1.165, 1.54) is 0 Å². The van der Waals surface area contributed by atoms with Crippen LogP contribution < -0.4 is 10.6 Å². The van der Waals surface area contributed by atoms with Crippen LogP contribution in [0, 0.1) is 12.8 Å². The largest absolute Gasteiger partial charge is 0.381 e. The van der Waals surface area contributed by atoms with Gasteiger partial charge in [-0.25, -0.2) is 0 Å². The fraction of sp³-hybridized carbons (Fsp3) is 0.500. The van der Waals surface area contributed by atoms with Crippen molar-refractivity contribution >= 4 is 33.4 Å². The maximum Gasteiger partial charge on any atom is 0.243 e. The number of benzene rings is 1. The third-order valence-corrected chi connectivity index (χ3v) is 3.33. The van der Waals surface area contributed by atoms with Crippen LogP contribution in [0.3, 0.4) is 0 Å². The Kier molecular flexibility index (Phi) is 8.12. The van der Waals surface area contributed by atoms with E-state index in [1.54, 1.807) is 0 Å². The number of hydrogen-bond donors (Lipinski definition) is 2. The van der Waals surface area contributed by atoms with Crippen molar-refractivity contribution in [2.45, 2.75) is 27.2 Å². The molecule has 0 spiro atoms. The molecule has 0 aromatic heterocycles. The van der Waals surface area contributed by atoms with Crippen molar-refractivity contribution in [3.63, 3.8) is 0 Å². The summed E-state index contributed by atoms with van der Waals surface area (Å²) in [6.45, 7) is 6.97. The Balaban J connectivity index is 2.26. The zero-order valence-corrected chi connectivity index (χ0v) is 14.8. The molecule has 0 radical (unpaired) electrons. The molecule has 1 aromatic rings. The number of hydrogen-bond acceptors (Lipinski definition) is 3. The second-order valence-corrected chi connectivity index (χ2v) is 6.42. The number of carbonyl (C=O) groups excluding carboxylic acids is 2. The first-order valence-electron chi connectivity index (χ1n) is 7.29. The Labute approximate surface area is 139 Å². The molecule has 122 valence electrons. The first kappa shape index (κ1) is 18.6. The molecule has 1 aromatic carbocycles. The minimum Gasteiger partial charge on any atom is -0.381 e. The van der Waals surface area contributed by atoms with E-state index in [-0.39, 0.29) is 24.8 Å². The monoisotopic (exact) mass is 370 g/mol. The number of amides is 2. The van der Waals surface area contributed by atoms with Gasteiger partial charge >= 0.3 is 0 Å². The molecule has 0 aliphatic rings. The minimum atomic E-state index is -0.248. The van der Waals surface area contributed by atoms with Gasteiger partial charge in [0.1, 0.15) is 0 Å². The quantitative estimate of drug-likeness (QED) is 0.691. The van der Waals surface area contributed by atoms with Crippen molar-refractivity contribution in [2.75, 3.05) is 25.1 Å². The van der Waals surface area contributed by atoms with Gasteiger partial charge in [0.25, 0.3) is 0 Å². The highest BCUT2D eigenvalue weighted by Gasteiger charge is 2.08. The number of nitrogens with one attached hydrogen (secondary N) is 2. The first-order valence-corrected chi connectivity index (χ1v) is 8.08. The fourth-order valence-corrected chi connectivity index (χ4v) is 2.19. The molecule has 0 atom stereocenters. The molecule has 0 unspecified atom stereocenters. The average Bonchev–Trinajstić information content (AvgIpc) is 2.44. The van der Waals surface area contributed by atoms with Crippen molar-refractivity contribution < 1.29 is 14.3 Å². The van der Waals surface area contributed by atoms with Crippen LogP contribution in [-0.2, 0) is 14.3 Å². The minimum absolute atomic E-state index is 0.0431. The van der Waals surface area contributed by atoms with E-state index in [9.17, 15) is 9.59 Å². The summed E-state index contributed by atoms with van der Waals surface area (Å²) in [6.07, 6.45) is 0.261. The number of ether oxygens (including phenoxy) is 1. The van der Waals surface area contributed by atoms with Crippen LogP contribution in [0.1, 0.15) is 25.8 Å². The topological polar surface area (TPSA) is 67.4 Å². The predicted molar refractivity (Wildman–Crippen MR) is 90.8 cm³/mol. The highest BCUT2D eigenvalue weighted by Crippen LogP contribution is 2.19. The molecule has 0 saturated carbocycles. The molecule has 0 fully saturated rings. The Morgan fingerprint density at radius 3 is 2.64 bits per heavy atom. The van der Waals surface area contributed by atoms with Gasteiger partial charge in [0.15, 0.2) is 0 Å². The highest BCUT2D eigenvalue weighted by molar-refractivity contribution is 9.10. The molecule has 6 heteroatoms. The number of anilines is 1. The van der Waals surface area contributed by atoms with Crippen molar-refractivity contribution in [3.05, 3.63) is 28.2 Å². The van der Waals surface area contributed by atoms with E-state index in [1.807, 2.05) is 25.1 Å². The van der Waals surface area contributed by atoms with Gasteiger partial charge in [-0.1, -0.05) is 29.8 Å². The molecule has 22 heavy (non-hydrogen) atoms. The predicted octanol–water partition coefficient (Wildman–Crippen LogP) is 2.87. The van der Waals surface area contributed by atoms with Crippen molar-refractivity contribution in [1.29, 1.82) is 0 Å². The highest BCUT2D eigenvalue weighted by atomic mass is 79.9. The third-order valence-electron chi connectivity index (χ3n) is 2.83. The van der Waals surface area contributed by atoms with Crippen LogP contribution in [0.25, 0.3) is 0 Å². The summed E-state index contributed by atoms with van der Waals surface area (Å²) in [6, 6.07) is 5.59. The molecule has 0 saturated heterocycles. The molecule has 0 aliphatic heterocycles. The molecule has 0 heterocycles. The van der Waals surface area contributed by atoms with Crippen LogP contribution in [0.4, 0.5) is 5.69 Å². The summed E-state index contributed by atoms with van der Waals surface area (Å²) in [4.78, 5) is 23.4. The molecule has 2 N–H and O–H groups in total. The molecule has 0 aliphatic carbocycles. The first-order chi connectivity index (χ1) is 10.4. The SMILES string of the molecule is Cc1cc(Br)ccc1NC(=O)CNC(=O)CCOCC(C)C. The smallest absolute Gasteiger partial charge is 0.243 e. The summed E-state index contributed by atoms with van der Waals surface area (Å²) in [5, 5.41) is 5.35. The lowest BCUT2D eigenvalue weighted by atomic mass is 10.2. The van der Waals surface area contributed by atoms with Crippen LogP contribution in [-0.4, -0.2) is 31.6 Å². The fourth-order valence-electron chi connectivity index (χ4n) is 1.71. The van der Waals surface area contributed by atoms with E-state index in [2.05, 4.69) is 40.4 Å². The van der Waals surface area contributed by atoms with Crippen LogP contribution in [0.5, 0.6) is 0 Å². The van der Waals surface area contributed by atoms with Gasteiger partial charge in [-0.05, 0) is 36.6 Å². The maximum atomic E-state index is 11.8. The second-order valence-electron chi connectivity index (χ2n) is 5.50. The number of carbonyl (C=O) groups is 2. The number of aryl methyl sites for hydroxylation is 1. The molecular weight excluding hydrogens is 348 g/mol. The summed E-state index contributed by atoms with van der Waals surface area (Å²) in [7, 11) is 0. The molecule has 0 bridgehead atoms. The third kappa shape index (κ3) is 7.56. The standard InChI is InChI=1S/C16H23BrN2O3/c1-11(2)10-22-7-6-15(20)18-9-16(21)19-14-5-4-13(17)8-12(14)3/h4-5,8,11H,6-7,9-10H2,1-3H3,(H,18,20)(H,19,21). The van der Waals surface area contributed by atoms with Gasteiger partial charge < -0.3 is 15.4 Å². The van der Waals surface area contributed by atoms with Crippen molar-refractivity contribution in [2.24, 2.45) is 5.92 Å². The van der Waals surface area contributed by atoms with E-state index in [4.69, 9.17) is 4.74 Å². The zero-order valence-electron chi connectivity index (χ0n) is 13.2. The summed E-state index contributed by atoms with van der Waals surface area (Å²) in [5.41, 5.74) is 1.69. The van der Waals surface area contributed by atoms with E-state index in [0.29, 0.717) is 19.1 Å². The zero-order chi connectivity index (χ0) is 16.5. The summed E-state index contributed by atoms with van der Waals surface area (Å²) in [5.74, 6) is 0.0105. The second kappa shape index (κ2) is 9.58. The lowest BCUT2D eigenvalue weighted by Gasteiger charge is -2.10. The molecule has 2 amide bonds. The number of rotatable bonds is 8. The van der Waals surface area contributed by atoms with E-state index < -0.39 is 0 Å². The van der Waals surface area contributed by atoms with Gasteiger partial charge in [-0.2, -0.15) is 0 Å². The van der Waals surface area contributed by atoms with Gasteiger partial charge in [0.2, 0.25) is 11.8 Å². The van der Waals surface area contributed by atoms with Crippen molar-refractivity contribution in [3.8, 4) is 0 Å².